The van der Waals surface area contributed by atoms with Crippen LogP contribution in [0.15, 0.2) is 11.6 Å². The number of carboxylic acids is 1. The highest BCUT2D eigenvalue weighted by Gasteiger charge is 2.72. The summed E-state index contributed by atoms with van der Waals surface area (Å²) >= 11 is 0. The van der Waals surface area contributed by atoms with E-state index in [0.717, 1.165) is 31.3 Å². The number of aliphatic hydroxyl groups is 6. The van der Waals surface area contributed by atoms with Crippen LogP contribution in [0.25, 0.3) is 0 Å². The minimum atomic E-state index is -1.57. The van der Waals surface area contributed by atoms with Crippen molar-refractivity contribution in [1.29, 1.82) is 0 Å². The third kappa shape index (κ3) is 4.39. The van der Waals surface area contributed by atoms with Gasteiger partial charge in [0.25, 0.3) is 0 Å². The highest BCUT2D eigenvalue weighted by molar-refractivity contribution is 5.77. The van der Waals surface area contributed by atoms with Crippen molar-refractivity contribution in [2.75, 3.05) is 6.61 Å². The minimum Gasteiger partial charge on any atom is -0.481 e. The molecule has 0 unspecified atom stereocenters. The lowest BCUT2D eigenvalue weighted by atomic mass is 9.33. The first-order valence-electron chi connectivity index (χ1n) is 17.5. The van der Waals surface area contributed by atoms with Crippen LogP contribution in [-0.2, 0) is 14.3 Å². The van der Waals surface area contributed by atoms with E-state index >= 15 is 0 Å². The summed E-state index contributed by atoms with van der Waals surface area (Å²) in [6.07, 6.45) is -0.912. The number of rotatable bonds is 4. The standard InChI is InChI=1S/C36H58O10/c1-18-10-13-36(30(42)43)15-14-33(5)19(27(36)35(18,7)44)8-9-23-32(4)16-20(28(41)31(2,3)22(32)11-12-34(23,33)6)45-29-26(40)25(39)24(38)21(17-37)46-29/h8,18,20-29,37-41,44H,9-17H2,1-7H3,(H,42,43)/t18-,20-,21-,22+,23-,24-,25+,26-,27-,28-,29-,32+,33-,34-,35-,36+/m1/s1. The first kappa shape index (κ1) is 34.7. The van der Waals surface area contributed by atoms with E-state index in [0.29, 0.717) is 25.7 Å². The van der Waals surface area contributed by atoms with E-state index in [1.165, 1.54) is 0 Å². The predicted molar refractivity (Wildman–Crippen MR) is 168 cm³/mol. The molecule has 6 rings (SSSR count). The number of hydrogen-bond acceptors (Lipinski definition) is 9. The number of carboxylic acid groups (broad SMARTS) is 1. The van der Waals surface area contributed by atoms with E-state index < -0.39 is 77.8 Å². The van der Waals surface area contributed by atoms with Gasteiger partial charge in [-0.05, 0) is 97.7 Å². The molecule has 7 N–H and O–H groups in total. The molecule has 10 heteroatoms. The molecule has 5 aliphatic carbocycles. The zero-order chi connectivity index (χ0) is 34.0. The van der Waals surface area contributed by atoms with Crippen LogP contribution >= 0.6 is 0 Å². The highest BCUT2D eigenvalue weighted by atomic mass is 16.7. The van der Waals surface area contributed by atoms with Gasteiger partial charge in [-0.25, -0.2) is 0 Å². The molecular weight excluding hydrogens is 592 g/mol. The maximum atomic E-state index is 13.0. The quantitative estimate of drug-likeness (QED) is 0.177. The van der Waals surface area contributed by atoms with Gasteiger partial charge in [0.15, 0.2) is 6.29 Å². The maximum Gasteiger partial charge on any atom is 0.310 e. The molecule has 1 saturated heterocycles. The summed E-state index contributed by atoms with van der Waals surface area (Å²) in [5.74, 6) is -0.959. The van der Waals surface area contributed by atoms with Crippen molar-refractivity contribution in [2.24, 2.45) is 50.7 Å². The summed E-state index contributed by atoms with van der Waals surface area (Å²) in [6.45, 7) is 14.4. The van der Waals surface area contributed by atoms with Crippen LogP contribution < -0.4 is 0 Å². The van der Waals surface area contributed by atoms with E-state index in [9.17, 15) is 40.5 Å². The molecule has 262 valence electrons. The van der Waals surface area contributed by atoms with E-state index in [-0.39, 0.29) is 34.0 Å². The van der Waals surface area contributed by atoms with Crippen LogP contribution in [0.4, 0.5) is 0 Å². The number of carbonyl (C=O) groups is 1. The fourth-order valence-electron chi connectivity index (χ4n) is 12.4. The van der Waals surface area contributed by atoms with Crippen LogP contribution in [0.3, 0.4) is 0 Å². The molecule has 0 aromatic rings. The minimum absolute atomic E-state index is 0.0204. The second-order valence-corrected chi connectivity index (χ2v) is 17.7. The summed E-state index contributed by atoms with van der Waals surface area (Å²) in [4.78, 5) is 13.0. The van der Waals surface area contributed by atoms with Crippen LogP contribution in [-0.4, -0.2) is 96.8 Å². The second-order valence-electron chi connectivity index (χ2n) is 17.7. The van der Waals surface area contributed by atoms with Crippen molar-refractivity contribution in [1.82, 2.24) is 0 Å². The van der Waals surface area contributed by atoms with Crippen molar-refractivity contribution in [3.05, 3.63) is 11.6 Å². The Hall–Kier alpha value is -1.11. The monoisotopic (exact) mass is 650 g/mol. The zero-order valence-corrected chi connectivity index (χ0v) is 28.6. The largest absolute Gasteiger partial charge is 0.481 e. The Balaban J connectivity index is 1.38. The number of aliphatic hydroxyl groups excluding tert-OH is 5. The fourth-order valence-corrected chi connectivity index (χ4v) is 12.4. The number of fused-ring (bicyclic) bond motifs is 7. The number of aliphatic carboxylic acids is 1. The smallest absolute Gasteiger partial charge is 0.310 e. The summed E-state index contributed by atoms with van der Waals surface area (Å²) in [7, 11) is 0. The second kappa shape index (κ2) is 10.9. The average Bonchev–Trinajstić information content (AvgIpc) is 2.98. The molecule has 16 atom stereocenters. The Morgan fingerprint density at radius 1 is 0.935 bits per heavy atom. The van der Waals surface area contributed by atoms with Crippen molar-refractivity contribution < 1.29 is 50.0 Å². The van der Waals surface area contributed by atoms with E-state index in [2.05, 4.69) is 40.7 Å². The van der Waals surface area contributed by atoms with Gasteiger partial charge in [0, 0.05) is 5.92 Å². The molecule has 5 fully saturated rings. The SMILES string of the molecule is C[C@@H]1CC[C@]2(C(=O)O)CC[C@]3(C)C(=CC[C@@H]4[C@@]5(C)C[C@@H](O[C@@H]6O[C@H](CO)[C@@H](O)[C@H](O)[C@H]6O)[C@@H](O)C(C)(C)[C@@H]5CC[C@]43C)[C@@H]2[C@]1(C)O. The number of allylic oxidation sites excluding steroid dienone is 1. The third-order valence-corrected chi connectivity index (χ3v) is 15.6. The van der Waals surface area contributed by atoms with Gasteiger partial charge in [0.2, 0.25) is 0 Å². The summed E-state index contributed by atoms with van der Waals surface area (Å²) in [5, 5.41) is 75.8. The molecule has 1 aliphatic heterocycles. The van der Waals surface area contributed by atoms with Gasteiger partial charge in [0.05, 0.1) is 29.8 Å². The summed E-state index contributed by atoms with van der Waals surface area (Å²) in [6, 6.07) is 0. The van der Waals surface area contributed by atoms with Crippen LogP contribution in [0.1, 0.15) is 99.8 Å². The Morgan fingerprint density at radius 3 is 2.24 bits per heavy atom. The van der Waals surface area contributed by atoms with Gasteiger partial charge in [0.1, 0.15) is 24.4 Å². The van der Waals surface area contributed by atoms with Gasteiger partial charge >= 0.3 is 5.97 Å². The Bertz CT molecular complexity index is 1250. The van der Waals surface area contributed by atoms with Gasteiger partial charge in [-0.3, -0.25) is 4.79 Å². The van der Waals surface area contributed by atoms with Crippen LogP contribution in [0, 0.1) is 50.7 Å². The molecule has 10 nitrogen and oxygen atoms in total. The summed E-state index contributed by atoms with van der Waals surface area (Å²) in [5.41, 5.74) is -2.43. The predicted octanol–water partition coefficient (Wildman–Crippen LogP) is 3.00. The van der Waals surface area contributed by atoms with Gasteiger partial charge in [-0.1, -0.05) is 53.2 Å². The normalized spacial score (nSPS) is 56.5. The maximum absolute atomic E-state index is 13.0. The van der Waals surface area contributed by atoms with Crippen molar-refractivity contribution >= 4 is 5.97 Å². The lowest BCUT2D eigenvalue weighted by molar-refractivity contribution is -0.335. The van der Waals surface area contributed by atoms with Gasteiger partial charge in [-0.15, -0.1) is 0 Å². The Labute approximate surface area is 273 Å². The molecule has 0 aromatic heterocycles. The Kier molecular flexibility index (Phi) is 8.27. The van der Waals surface area contributed by atoms with E-state index in [1.54, 1.807) is 0 Å². The van der Waals surface area contributed by atoms with E-state index in [4.69, 9.17) is 9.47 Å². The highest BCUT2D eigenvalue weighted by Crippen LogP contribution is 2.76. The molecule has 6 aliphatic rings. The van der Waals surface area contributed by atoms with Crippen molar-refractivity contribution in [2.45, 2.75) is 148 Å². The first-order chi connectivity index (χ1) is 21.2. The number of ether oxygens (including phenoxy) is 2. The molecule has 1 heterocycles. The molecule has 4 saturated carbocycles. The molecule has 46 heavy (non-hydrogen) atoms. The molecule has 0 radical (unpaired) electrons. The van der Waals surface area contributed by atoms with E-state index in [1.807, 2.05) is 13.8 Å². The van der Waals surface area contributed by atoms with Gasteiger partial charge < -0.3 is 45.2 Å². The van der Waals surface area contributed by atoms with Crippen molar-refractivity contribution in [3.63, 3.8) is 0 Å². The van der Waals surface area contributed by atoms with Gasteiger partial charge in [-0.2, -0.15) is 0 Å². The molecule has 0 bridgehead atoms. The third-order valence-electron chi connectivity index (χ3n) is 15.6. The molecule has 0 amide bonds. The molecule has 0 spiro atoms. The first-order valence-corrected chi connectivity index (χ1v) is 17.5. The fraction of sp³-hybridized carbons (Fsp3) is 0.917. The number of hydrogen-bond donors (Lipinski definition) is 7. The molecular formula is C36H58O10. The molecule has 0 aromatic carbocycles. The zero-order valence-electron chi connectivity index (χ0n) is 28.6. The lowest BCUT2D eigenvalue weighted by Crippen LogP contribution is -2.69. The Morgan fingerprint density at radius 2 is 1.61 bits per heavy atom. The van der Waals surface area contributed by atoms with Crippen molar-refractivity contribution in [3.8, 4) is 0 Å². The average molecular weight is 651 g/mol. The van der Waals surface area contributed by atoms with Crippen LogP contribution in [0.5, 0.6) is 0 Å². The topological polar surface area (TPSA) is 177 Å². The lowest BCUT2D eigenvalue weighted by Gasteiger charge is -2.72. The van der Waals surface area contributed by atoms with Crippen LogP contribution in [0.2, 0.25) is 0 Å². The summed E-state index contributed by atoms with van der Waals surface area (Å²) < 4.78 is 12.0.